The summed E-state index contributed by atoms with van der Waals surface area (Å²) in [5, 5.41) is 6.76. The minimum absolute atomic E-state index is 0.453. The lowest BCUT2D eigenvalue weighted by Gasteiger charge is -2.05. The molecule has 6 nitrogen and oxygen atoms in total. The second-order valence-corrected chi connectivity index (χ2v) is 3.05. The van der Waals surface area contributed by atoms with E-state index in [1.54, 1.807) is 25.4 Å². The Labute approximate surface area is 86.5 Å². The smallest absolute Gasteiger partial charge is 0.245 e. The summed E-state index contributed by atoms with van der Waals surface area (Å²) in [7, 11) is 0. The third-order valence-electron chi connectivity index (χ3n) is 1.85. The predicted molar refractivity (Wildman–Crippen MR) is 55.0 cm³/mol. The van der Waals surface area contributed by atoms with Gasteiger partial charge in [-0.05, 0) is 13.0 Å². The molecular formula is C9H11N5O. The first kappa shape index (κ1) is 9.45. The van der Waals surface area contributed by atoms with Crippen LogP contribution in [0, 0.1) is 6.92 Å². The van der Waals surface area contributed by atoms with Gasteiger partial charge in [0.1, 0.15) is 0 Å². The average molecular weight is 205 g/mol. The topological polar surface area (TPSA) is 89.9 Å². The number of nitrogen functional groups attached to an aromatic ring is 1. The molecular weight excluding hydrogens is 194 g/mol. The number of aromatic nitrogens is 3. The van der Waals surface area contributed by atoms with E-state index in [-0.39, 0.29) is 0 Å². The molecule has 2 aromatic heterocycles. The Kier molecular flexibility index (Phi) is 2.49. The Morgan fingerprint density at radius 2 is 2.40 bits per heavy atom. The zero-order valence-corrected chi connectivity index (χ0v) is 8.27. The maximum absolute atomic E-state index is 5.70. The fourth-order valence-corrected chi connectivity index (χ4v) is 1.15. The van der Waals surface area contributed by atoms with Gasteiger partial charge in [0.15, 0.2) is 5.82 Å². The van der Waals surface area contributed by atoms with Gasteiger partial charge in [-0.15, -0.1) is 0 Å². The van der Waals surface area contributed by atoms with Crippen LogP contribution in [0.1, 0.15) is 11.7 Å². The first-order valence-electron chi connectivity index (χ1n) is 4.48. The summed E-state index contributed by atoms with van der Waals surface area (Å²) in [4.78, 5) is 7.95. The average Bonchev–Trinajstić information content (AvgIpc) is 2.63. The number of nitrogens with zero attached hydrogens (tertiary/aromatic N) is 3. The van der Waals surface area contributed by atoms with Crippen molar-refractivity contribution in [2.24, 2.45) is 0 Å². The molecule has 0 aliphatic rings. The van der Waals surface area contributed by atoms with Crippen LogP contribution in [-0.2, 0) is 6.54 Å². The Morgan fingerprint density at radius 3 is 3.07 bits per heavy atom. The molecule has 0 radical (unpaired) electrons. The van der Waals surface area contributed by atoms with Crippen LogP contribution in [0.3, 0.4) is 0 Å². The van der Waals surface area contributed by atoms with E-state index in [4.69, 9.17) is 10.3 Å². The highest BCUT2D eigenvalue weighted by molar-refractivity contribution is 5.63. The lowest BCUT2D eigenvalue weighted by atomic mass is 10.3. The standard InChI is InChI=1S/C9H11N5O/c1-6-13-9(15-14-6)5-12-8-2-3-11-4-7(8)10/h2-4H,5,10H2,1H3,(H,11,12). The number of nitrogens with two attached hydrogens (primary N) is 1. The van der Waals surface area contributed by atoms with Crippen LogP contribution in [-0.4, -0.2) is 15.1 Å². The van der Waals surface area contributed by atoms with Crippen molar-refractivity contribution in [3.05, 3.63) is 30.2 Å². The van der Waals surface area contributed by atoms with E-state index in [2.05, 4.69) is 20.4 Å². The summed E-state index contributed by atoms with van der Waals surface area (Å²) >= 11 is 0. The normalized spacial score (nSPS) is 10.2. The van der Waals surface area contributed by atoms with E-state index < -0.39 is 0 Å². The first-order valence-corrected chi connectivity index (χ1v) is 4.48. The molecule has 0 saturated heterocycles. The molecule has 0 aromatic carbocycles. The van der Waals surface area contributed by atoms with Gasteiger partial charge in [0, 0.05) is 6.20 Å². The van der Waals surface area contributed by atoms with E-state index >= 15 is 0 Å². The van der Waals surface area contributed by atoms with Crippen molar-refractivity contribution >= 4 is 11.4 Å². The molecule has 3 N–H and O–H groups in total. The molecule has 0 saturated carbocycles. The van der Waals surface area contributed by atoms with Crippen LogP contribution in [0.4, 0.5) is 11.4 Å². The second-order valence-electron chi connectivity index (χ2n) is 3.05. The van der Waals surface area contributed by atoms with Gasteiger partial charge in [-0.1, -0.05) is 5.16 Å². The highest BCUT2D eigenvalue weighted by Crippen LogP contribution is 2.15. The summed E-state index contributed by atoms with van der Waals surface area (Å²) in [5.41, 5.74) is 7.10. The van der Waals surface area contributed by atoms with Gasteiger partial charge in [0.05, 0.1) is 24.1 Å². The van der Waals surface area contributed by atoms with E-state index in [1.165, 1.54) is 0 Å². The minimum Gasteiger partial charge on any atom is -0.396 e. The number of aryl methyl sites for hydroxylation is 1. The summed E-state index contributed by atoms with van der Waals surface area (Å²) in [6.07, 6.45) is 3.25. The van der Waals surface area contributed by atoms with E-state index in [0.717, 1.165) is 5.69 Å². The number of rotatable bonds is 3. The maximum Gasteiger partial charge on any atom is 0.245 e. The van der Waals surface area contributed by atoms with Crippen molar-refractivity contribution in [1.29, 1.82) is 0 Å². The summed E-state index contributed by atoms with van der Waals surface area (Å²) in [5.74, 6) is 1.15. The van der Waals surface area contributed by atoms with E-state index in [0.29, 0.717) is 23.9 Å². The van der Waals surface area contributed by atoms with Gasteiger partial charge in [-0.2, -0.15) is 4.98 Å². The van der Waals surface area contributed by atoms with Crippen molar-refractivity contribution in [3.8, 4) is 0 Å². The SMILES string of the molecule is Cc1noc(CNc2ccncc2N)n1. The number of hydrogen-bond donors (Lipinski definition) is 2. The van der Waals surface area contributed by atoms with Crippen molar-refractivity contribution in [1.82, 2.24) is 15.1 Å². The maximum atomic E-state index is 5.70. The third-order valence-corrected chi connectivity index (χ3v) is 1.85. The van der Waals surface area contributed by atoms with Crippen LogP contribution in [0.15, 0.2) is 23.0 Å². The summed E-state index contributed by atoms with van der Waals surface area (Å²) < 4.78 is 4.95. The molecule has 0 fully saturated rings. The fraction of sp³-hybridized carbons (Fsp3) is 0.222. The Bertz CT molecular complexity index is 453. The molecule has 2 rings (SSSR count). The third kappa shape index (κ3) is 2.22. The van der Waals surface area contributed by atoms with Gasteiger partial charge in [0.2, 0.25) is 5.89 Å². The number of anilines is 2. The van der Waals surface area contributed by atoms with Crippen LogP contribution in [0.25, 0.3) is 0 Å². The van der Waals surface area contributed by atoms with Gasteiger partial charge in [-0.3, -0.25) is 4.98 Å². The van der Waals surface area contributed by atoms with Gasteiger partial charge in [-0.25, -0.2) is 0 Å². The molecule has 0 atom stereocenters. The van der Waals surface area contributed by atoms with Crippen molar-refractivity contribution in [2.45, 2.75) is 13.5 Å². The molecule has 0 aliphatic carbocycles. The Balaban J connectivity index is 2.02. The van der Waals surface area contributed by atoms with Gasteiger partial charge >= 0.3 is 0 Å². The Morgan fingerprint density at radius 1 is 1.53 bits per heavy atom. The zero-order chi connectivity index (χ0) is 10.7. The molecule has 0 amide bonds. The molecule has 0 unspecified atom stereocenters. The van der Waals surface area contributed by atoms with Gasteiger partial charge in [0.25, 0.3) is 0 Å². The first-order chi connectivity index (χ1) is 7.25. The molecule has 78 valence electrons. The molecule has 2 heterocycles. The van der Waals surface area contributed by atoms with E-state index in [1.807, 2.05) is 0 Å². The van der Waals surface area contributed by atoms with E-state index in [9.17, 15) is 0 Å². The van der Waals surface area contributed by atoms with Crippen LogP contribution >= 0.6 is 0 Å². The minimum atomic E-state index is 0.453. The lowest BCUT2D eigenvalue weighted by molar-refractivity contribution is 0.379. The Hall–Kier alpha value is -2.11. The summed E-state index contributed by atoms with van der Waals surface area (Å²) in [6.45, 7) is 2.23. The summed E-state index contributed by atoms with van der Waals surface area (Å²) in [6, 6.07) is 1.79. The zero-order valence-electron chi connectivity index (χ0n) is 8.27. The molecule has 0 spiro atoms. The largest absolute Gasteiger partial charge is 0.396 e. The van der Waals surface area contributed by atoms with Gasteiger partial charge < -0.3 is 15.6 Å². The lowest BCUT2D eigenvalue weighted by Crippen LogP contribution is -2.02. The monoisotopic (exact) mass is 205 g/mol. The predicted octanol–water partition coefficient (Wildman–Crippen LogP) is 0.967. The molecule has 15 heavy (non-hydrogen) atoms. The molecule has 0 bridgehead atoms. The van der Waals surface area contributed by atoms with Crippen molar-refractivity contribution in [3.63, 3.8) is 0 Å². The number of pyridine rings is 1. The molecule has 2 aromatic rings. The quantitative estimate of drug-likeness (QED) is 0.775. The fourth-order valence-electron chi connectivity index (χ4n) is 1.15. The number of hydrogen-bond acceptors (Lipinski definition) is 6. The van der Waals surface area contributed by atoms with Crippen LogP contribution < -0.4 is 11.1 Å². The molecule has 6 heteroatoms. The van der Waals surface area contributed by atoms with Crippen molar-refractivity contribution < 1.29 is 4.52 Å². The van der Waals surface area contributed by atoms with Crippen LogP contribution in [0.2, 0.25) is 0 Å². The van der Waals surface area contributed by atoms with Crippen LogP contribution in [0.5, 0.6) is 0 Å². The van der Waals surface area contributed by atoms with Crippen molar-refractivity contribution in [2.75, 3.05) is 11.1 Å². The highest BCUT2D eigenvalue weighted by atomic mass is 16.5. The second kappa shape index (κ2) is 3.95. The highest BCUT2D eigenvalue weighted by Gasteiger charge is 2.03. The number of nitrogens with one attached hydrogen (secondary N) is 1. The molecule has 0 aliphatic heterocycles.